The zero-order valence-electron chi connectivity index (χ0n) is 10.6. The van der Waals surface area contributed by atoms with Crippen LogP contribution >= 0.6 is 0 Å². The van der Waals surface area contributed by atoms with Crippen molar-refractivity contribution in [3.8, 4) is 0 Å². The third-order valence-corrected chi connectivity index (χ3v) is 3.59. The molecule has 0 radical (unpaired) electrons. The van der Waals surface area contributed by atoms with Crippen LogP contribution in [0.2, 0.25) is 0 Å². The minimum Gasteiger partial charge on any atom is -0.396 e. The second-order valence-corrected chi connectivity index (χ2v) is 5.65. The van der Waals surface area contributed by atoms with Crippen LogP contribution in [-0.2, 0) is 17.3 Å². The fourth-order valence-corrected chi connectivity index (χ4v) is 2.19. The highest BCUT2D eigenvalue weighted by atomic mass is 32.2. The van der Waals surface area contributed by atoms with E-state index in [9.17, 15) is 4.21 Å². The lowest BCUT2D eigenvalue weighted by molar-refractivity contribution is 0.261. The Bertz CT molecular complexity index is 351. The molecule has 0 spiro atoms. The van der Waals surface area contributed by atoms with Crippen LogP contribution in [0.4, 0.5) is 0 Å². The molecule has 1 atom stereocenters. The lowest BCUT2D eigenvalue weighted by atomic mass is 10.2. The zero-order chi connectivity index (χ0) is 12.7. The van der Waals surface area contributed by atoms with Crippen molar-refractivity contribution in [1.29, 1.82) is 0 Å². The Balaban J connectivity index is 2.43. The van der Waals surface area contributed by atoms with Gasteiger partial charge in [0.15, 0.2) is 0 Å². The van der Waals surface area contributed by atoms with Gasteiger partial charge in [-0.1, -0.05) is 12.1 Å². The monoisotopic (exact) mass is 255 g/mol. The molecule has 1 aromatic carbocycles. The Kier molecular flexibility index (Phi) is 6.40. The van der Waals surface area contributed by atoms with E-state index in [1.807, 2.05) is 24.3 Å². The zero-order valence-corrected chi connectivity index (χ0v) is 11.4. The van der Waals surface area contributed by atoms with Crippen molar-refractivity contribution < 1.29 is 9.32 Å². The van der Waals surface area contributed by atoms with Gasteiger partial charge in [-0.3, -0.25) is 4.21 Å². The van der Waals surface area contributed by atoms with E-state index in [0.29, 0.717) is 0 Å². The molecule has 1 unspecified atom stereocenters. The summed E-state index contributed by atoms with van der Waals surface area (Å²) in [6.07, 6.45) is 3.57. The third kappa shape index (κ3) is 5.44. The molecule has 0 fully saturated rings. The smallest absolute Gasteiger partial charge is 0.0498 e. The van der Waals surface area contributed by atoms with E-state index >= 15 is 0 Å². The van der Waals surface area contributed by atoms with Gasteiger partial charge in [-0.25, -0.2) is 0 Å². The van der Waals surface area contributed by atoms with Crippen molar-refractivity contribution >= 4 is 10.8 Å². The SMILES string of the molecule is CN(CCCCO)Cc1ccc(S(C)=O)cc1. The molecule has 0 aliphatic heterocycles. The molecule has 1 N–H and O–H groups in total. The number of nitrogens with zero attached hydrogens (tertiary/aromatic N) is 1. The summed E-state index contributed by atoms with van der Waals surface area (Å²) in [5.74, 6) is 0. The second kappa shape index (κ2) is 7.58. The molecule has 1 rings (SSSR count). The van der Waals surface area contributed by atoms with Gasteiger partial charge in [-0.05, 0) is 44.1 Å². The van der Waals surface area contributed by atoms with Crippen LogP contribution in [0.15, 0.2) is 29.2 Å². The van der Waals surface area contributed by atoms with E-state index in [1.54, 1.807) is 6.26 Å². The molecule has 0 saturated carbocycles. The van der Waals surface area contributed by atoms with E-state index in [4.69, 9.17) is 5.11 Å². The summed E-state index contributed by atoms with van der Waals surface area (Å²) >= 11 is 0. The fourth-order valence-electron chi connectivity index (χ4n) is 1.67. The first-order valence-corrected chi connectivity index (χ1v) is 7.41. The Morgan fingerprint density at radius 2 is 1.88 bits per heavy atom. The van der Waals surface area contributed by atoms with Gasteiger partial charge >= 0.3 is 0 Å². The average Bonchev–Trinajstić information content (AvgIpc) is 2.30. The summed E-state index contributed by atoms with van der Waals surface area (Å²) in [6.45, 7) is 2.15. The lowest BCUT2D eigenvalue weighted by Gasteiger charge is -2.16. The van der Waals surface area contributed by atoms with E-state index < -0.39 is 10.8 Å². The molecule has 0 aliphatic rings. The van der Waals surface area contributed by atoms with E-state index in [1.165, 1.54) is 5.56 Å². The highest BCUT2D eigenvalue weighted by Gasteiger charge is 2.01. The molecule has 0 aromatic heterocycles. The number of aliphatic hydroxyl groups is 1. The van der Waals surface area contributed by atoms with Crippen LogP contribution in [0.25, 0.3) is 0 Å². The van der Waals surface area contributed by atoms with Gasteiger partial charge in [0.2, 0.25) is 0 Å². The average molecular weight is 255 g/mol. The van der Waals surface area contributed by atoms with E-state index in [-0.39, 0.29) is 6.61 Å². The first-order valence-electron chi connectivity index (χ1n) is 5.85. The molecular weight excluding hydrogens is 234 g/mol. The number of hydrogen-bond donors (Lipinski definition) is 1. The van der Waals surface area contributed by atoms with Crippen molar-refractivity contribution in [2.24, 2.45) is 0 Å². The molecule has 4 heteroatoms. The summed E-state index contributed by atoms with van der Waals surface area (Å²) in [5.41, 5.74) is 1.23. The van der Waals surface area contributed by atoms with Crippen LogP contribution in [0.1, 0.15) is 18.4 Å². The molecular formula is C13H21NO2S. The maximum Gasteiger partial charge on any atom is 0.0498 e. The topological polar surface area (TPSA) is 40.5 Å². The Labute approximate surface area is 106 Å². The van der Waals surface area contributed by atoms with Crippen molar-refractivity contribution in [2.75, 3.05) is 26.5 Å². The molecule has 96 valence electrons. The Morgan fingerprint density at radius 1 is 1.24 bits per heavy atom. The van der Waals surface area contributed by atoms with Crippen molar-refractivity contribution in [3.05, 3.63) is 29.8 Å². The van der Waals surface area contributed by atoms with Gasteiger partial charge < -0.3 is 10.0 Å². The van der Waals surface area contributed by atoms with Gasteiger partial charge in [-0.2, -0.15) is 0 Å². The predicted molar refractivity (Wildman–Crippen MR) is 71.4 cm³/mol. The molecule has 17 heavy (non-hydrogen) atoms. The third-order valence-electron chi connectivity index (χ3n) is 2.66. The van der Waals surface area contributed by atoms with Gasteiger partial charge in [0.1, 0.15) is 0 Å². The van der Waals surface area contributed by atoms with Crippen molar-refractivity contribution in [2.45, 2.75) is 24.3 Å². The summed E-state index contributed by atoms with van der Waals surface area (Å²) in [7, 11) is 1.18. The fraction of sp³-hybridized carbons (Fsp3) is 0.538. The Hall–Kier alpha value is -0.710. The molecule has 0 aliphatic carbocycles. The number of rotatable bonds is 7. The maximum atomic E-state index is 11.2. The molecule has 0 amide bonds. The number of benzene rings is 1. The summed E-state index contributed by atoms with van der Waals surface area (Å²) < 4.78 is 11.2. The summed E-state index contributed by atoms with van der Waals surface area (Å²) in [6, 6.07) is 7.90. The number of unbranched alkanes of at least 4 members (excludes halogenated alkanes) is 1. The van der Waals surface area contributed by atoms with Crippen LogP contribution in [0.3, 0.4) is 0 Å². The van der Waals surface area contributed by atoms with E-state index in [0.717, 1.165) is 30.8 Å². The molecule has 0 saturated heterocycles. The first kappa shape index (κ1) is 14.4. The van der Waals surface area contributed by atoms with E-state index in [2.05, 4.69) is 11.9 Å². The Morgan fingerprint density at radius 3 is 2.41 bits per heavy atom. The lowest BCUT2D eigenvalue weighted by Crippen LogP contribution is -2.19. The largest absolute Gasteiger partial charge is 0.396 e. The van der Waals surface area contributed by atoms with Gasteiger partial charge in [-0.15, -0.1) is 0 Å². The standard InChI is InChI=1S/C13H21NO2S/c1-14(9-3-4-10-15)11-12-5-7-13(8-6-12)17(2)16/h5-8,15H,3-4,9-11H2,1-2H3. The maximum absolute atomic E-state index is 11.2. The van der Waals surface area contributed by atoms with Gasteiger partial charge in [0.05, 0.1) is 0 Å². The van der Waals surface area contributed by atoms with Gasteiger partial charge in [0, 0.05) is 35.1 Å². The minimum absolute atomic E-state index is 0.269. The number of hydrogen-bond acceptors (Lipinski definition) is 3. The quantitative estimate of drug-likeness (QED) is 0.753. The normalized spacial score (nSPS) is 12.9. The summed E-state index contributed by atoms with van der Waals surface area (Å²) in [5, 5.41) is 8.70. The van der Waals surface area contributed by atoms with Gasteiger partial charge in [0.25, 0.3) is 0 Å². The molecule has 0 bridgehead atoms. The van der Waals surface area contributed by atoms with Crippen LogP contribution < -0.4 is 0 Å². The van der Waals surface area contributed by atoms with Crippen LogP contribution in [0.5, 0.6) is 0 Å². The number of aliphatic hydroxyl groups excluding tert-OH is 1. The summed E-state index contributed by atoms with van der Waals surface area (Å²) in [4.78, 5) is 3.10. The first-order chi connectivity index (χ1) is 8.13. The molecule has 0 heterocycles. The molecule has 3 nitrogen and oxygen atoms in total. The minimum atomic E-state index is -0.897. The van der Waals surface area contributed by atoms with Crippen molar-refractivity contribution in [1.82, 2.24) is 4.90 Å². The highest BCUT2D eigenvalue weighted by Crippen LogP contribution is 2.09. The highest BCUT2D eigenvalue weighted by molar-refractivity contribution is 7.84. The van der Waals surface area contributed by atoms with Crippen LogP contribution in [-0.4, -0.2) is 40.7 Å². The van der Waals surface area contributed by atoms with Crippen molar-refractivity contribution in [3.63, 3.8) is 0 Å². The van der Waals surface area contributed by atoms with Crippen LogP contribution in [0, 0.1) is 0 Å². The predicted octanol–water partition coefficient (Wildman–Crippen LogP) is 1.63. The molecule has 1 aromatic rings. The second-order valence-electron chi connectivity index (χ2n) is 4.27.